The third kappa shape index (κ3) is 4.56. The minimum atomic E-state index is -0.489. The first-order chi connectivity index (χ1) is 18.1. The molecule has 3 aromatic heterocycles. The van der Waals surface area contributed by atoms with Gasteiger partial charge in [0.1, 0.15) is 4.75 Å². The van der Waals surface area contributed by atoms with E-state index >= 15 is 0 Å². The molecule has 1 aliphatic rings. The van der Waals surface area contributed by atoms with Crippen LogP contribution in [0.5, 0.6) is 0 Å². The smallest absolute Gasteiger partial charge is 0.243 e. The molecule has 0 bridgehead atoms. The highest BCUT2D eigenvalue weighted by Gasteiger charge is 2.43. The summed E-state index contributed by atoms with van der Waals surface area (Å²) in [5.41, 5.74) is 5.20. The van der Waals surface area contributed by atoms with Crippen molar-refractivity contribution in [2.45, 2.75) is 36.6 Å². The second-order valence-electron chi connectivity index (χ2n) is 9.16. The Hall–Kier alpha value is -3.82. The van der Waals surface area contributed by atoms with Gasteiger partial charge in [-0.25, -0.2) is 0 Å². The molecule has 0 unspecified atom stereocenters. The number of hydrogen-bond acceptors (Lipinski definition) is 8. The van der Waals surface area contributed by atoms with Crippen LogP contribution in [-0.2, 0) is 9.48 Å². The SMILES string of the molecule is Cc1ccc(-c2noc(C3(Sc4nnc(-c5ccncc5)n4-c4ccccc4C)CCOCC3)n2)cc1. The molecule has 0 amide bonds. The molecule has 0 aliphatic carbocycles. The molecule has 0 atom stereocenters. The van der Waals surface area contributed by atoms with Gasteiger partial charge >= 0.3 is 0 Å². The van der Waals surface area contributed by atoms with Gasteiger partial charge < -0.3 is 9.26 Å². The van der Waals surface area contributed by atoms with Crippen molar-refractivity contribution < 1.29 is 9.26 Å². The third-order valence-electron chi connectivity index (χ3n) is 6.64. The van der Waals surface area contributed by atoms with Crippen LogP contribution in [0.15, 0.2) is 82.7 Å². The number of thioether (sulfide) groups is 1. The van der Waals surface area contributed by atoms with Gasteiger partial charge in [0.15, 0.2) is 11.0 Å². The van der Waals surface area contributed by atoms with E-state index in [-0.39, 0.29) is 0 Å². The maximum atomic E-state index is 5.92. The fourth-order valence-electron chi connectivity index (χ4n) is 4.52. The predicted octanol–water partition coefficient (Wildman–Crippen LogP) is 5.79. The Kier molecular flexibility index (Phi) is 6.31. The lowest BCUT2D eigenvalue weighted by Gasteiger charge is -2.32. The van der Waals surface area contributed by atoms with Crippen LogP contribution in [-0.4, -0.2) is 43.1 Å². The summed E-state index contributed by atoms with van der Waals surface area (Å²) in [7, 11) is 0. The molecule has 1 fully saturated rings. The molecule has 4 heterocycles. The normalized spacial score (nSPS) is 15.1. The summed E-state index contributed by atoms with van der Waals surface area (Å²) < 4.78 is 13.3. The van der Waals surface area contributed by atoms with Crippen molar-refractivity contribution in [2.24, 2.45) is 0 Å². The molecule has 0 radical (unpaired) electrons. The van der Waals surface area contributed by atoms with Crippen molar-refractivity contribution in [3.8, 4) is 28.5 Å². The molecular formula is C28H26N6O2S. The zero-order chi connectivity index (χ0) is 25.2. The minimum Gasteiger partial charge on any atom is -0.381 e. The monoisotopic (exact) mass is 510 g/mol. The van der Waals surface area contributed by atoms with E-state index in [9.17, 15) is 0 Å². The van der Waals surface area contributed by atoms with Crippen molar-refractivity contribution in [3.05, 3.63) is 90.1 Å². The summed E-state index contributed by atoms with van der Waals surface area (Å²) in [6.07, 6.45) is 4.98. The largest absolute Gasteiger partial charge is 0.381 e. The summed E-state index contributed by atoms with van der Waals surface area (Å²) in [6, 6.07) is 20.3. The summed E-state index contributed by atoms with van der Waals surface area (Å²) in [5, 5.41) is 14.4. The van der Waals surface area contributed by atoms with Crippen molar-refractivity contribution in [1.29, 1.82) is 0 Å². The number of aryl methyl sites for hydroxylation is 2. The number of hydrogen-bond donors (Lipinski definition) is 0. The predicted molar refractivity (Wildman–Crippen MR) is 141 cm³/mol. The number of rotatable bonds is 6. The molecular weight excluding hydrogens is 484 g/mol. The third-order valence-corrected chi connectivity index (χ3v) is 8.06. The lowest BCUT2D eigenvalue weighted by atomic mass is 9.99. The number of aromatic nitrogens is 6. The Balaban J connectivity index is 1.44. The number of benzene rings is 2. The Bertz CT molecular complexity index is 1510. The van der Waals surface area contributed by atoms with E-state index < -0.39 is 4.75 Å². The van der Waals surface area contributed by atoms with Crippen LogP contribution in [0.2, 0.25) is 0 Å². The lowest BCUT2D eigenvalue weighted by molar-refractivity contribution is 0.0680. The Labute approximate surface area is 219 Å². The first-order valence-corrected chi connectivity index (χ1v) is 13.0. The Morgan fingerprint density at radius 3 is 2.38 bits per heavy atom. The highest BCUT2D eigenvalue weighted by Crippen LogP contribution is 2.48. The molecule has 0 spiro atoms. The average molecular weight is 511 g/mol. The highest BCUT2D eigenvalue weighted by molar-refractivity contribution is 8.00. The first kappa shape index (κ1) is 23.6. The molecule has 1 aliphatic heterocycles. The van der Waals surface area contributed by atoms with E-state index in [2.05, 4.69) is 63.0 Å². The summed E-state index contributed by atoms with van der Waals surface area (Å²) in [5.74, 6) is 1.92. The van der Waals surface area contributed by atoms with E-state index in [1.54, 1.807) is 24.2 Å². The molecule has 0 N–H and O–H groups in total. The molecule has 9 heteroatoms. The van der Waals surface area contributed by atoms with Crippen LogP contribution in [0.3, 0.4) is 0 Å². The Morgan fingerprint density at radius 1 is 0.865 bits per heavy atom. The Morgan fingerprint density at radius 2 is 1.62 bits per heavy atom. The van der Waals surface area contributed by atoms with Gasteiger partial charge in [-0.1, -0.05) is 64.9 Å². The molecule has 1 saturated heterocycles. The maximum absolute atomic E-state index is 5.92. The fourth-order valence-corrected chi connectivity index (χ4v) is 5.77. The summed E-state index contributed by atoms with van der Waals surface area (Å²) >= 11 is 1.62. The van der Waals surface area contributed by atoms with Crippen LogP contribution in [0.25, 0.3) is 28.5 Å². The first-order valence-electron chi connectivity index (χ1n) is 12.2. The van der Waals surface area contributed by atoms with Crippen LogP contribution >= 0.6 is 11.8 Å². The lowest BCUT2D eigenvalue weighted by Crippen LogP contribution is -2.31. The van der Waals surface area contributed by atoms with E-state index in [1.807, 2.05) is 36.4 Å². The van der Waals surface area contributed by atoms with Gasteiger partial charge in [-0.15, -0.1) is 10.2 Å². The van der Waals surface area contributed by atoms with Crippen LogP contribution in [0, 0.1) is 13.8 Å². The van der Waals surface area contributed by atoms with Gasteiger partial charge in [-0.05, 0) is 50.5 Å². The van der Waals surface area contributed by atoms with Crippen LogP contribution < -0.4 is 0 Å². The van der Waals surface area contributed by atoms with E-state index in [4.69, 9.17) is 14.2 Å². The van der Waals surface area contributed by atoms with Gasteiger partial charge in [0.25, 0.3) is 0 Å². The zero-order valence-electron chi connectivity index (χ0n) is 20.7. The van der Waals surface area contributed by atoms with Gasteiger partial charge in [0, 0.05) is 36.7 Å². The van der Waals surface area contributed by atoms with Gasteiger partial charge in [-0.3, -0.25) is 9.55 Å². The van der Waals surface area contributed by atoms with Crippen LogP contribution in [0.1, 0.15) is 29.9 Å². The molecule has 2 aromatic carbocycles. The quantitative estimate of drug-likeness (QED) is 0.283. The minimum absolute atomic E-state index is 0.489. The molecule has 37 heavy (non-hydrogen) atoms. The topological polar surface area (TPSA) is 91.8 Å². The van der Waals surface area contributed by atoms with Crippen LogP contribution in [0.4, 0.5) is 0 Å². The second-order valence-corrected chi connectivity index (χ2v) is 10.5. The van der Waals surface area contributed by atoms with Crippen molar-refractivity contribution in [2.75, 3.05) is 13.2 Å². The average Bonchev–Trinajstić information content (AvgIpc) is 3.59. The highest BCUT2D eigenvalue weighted by atomic mass is 32.2. The molecule has 6 rings (SSSR count). The summed E-state index contributed by atoms with van der Waals surface area (Å²) in [6.45, 7) is 5.36. The summed E-state index contributed by atoms with van der Waals surface area (Å²) in [4.78, 5) is 9.04. The van der Waals surface area contributed by atoms with E-state index in [0.717, 1.165) is 46.2 Å². The molecule has 0 saturated carbocycles. The standard InChI is InChI=1S/C28H26N6O2S/c1-19-7-9-21(10-8-19)24-30-26(36-33-24)28(13-17-35-18-14-28)37-27-32-31-25(22-11-15-29-16-12-22)34(27)23-6-4-3-5-20(23)2/h3-12,15-16H,13-14,17-18H2,1-2H3. The maximum Gasteiger partial charge on any atom is 0.243 e. The fraction of sp³-hybridized carbons (Fsp3) is 0.250. The number of pyridine rings is 1. The van der Waals surface area contributed by atoms with E-state index in [1.165, 1.54) is 5.56 Å². The number of ether oxygens (including phenoxy) is 1. The number of nitrogens with zero attached hydrogens (tertiary/aromatic N) is 6. The van der Waals surface area contributed by atoms with E-state index in [0.29, 0.717) is 24.9 Å². The van der Waals surface area contributed by atoms with Gasteiger partial charge in [0.2, 0.25) is 11.7 Å². The zero-order valence-corrected chi connectivity index (χ0v) is 21.5. The second kappa shape index (κ2) is 9.91. The van der Waals surface area contributed by atoms with Gasteiger partial charge in [-0.2, -0.15) is 4.98 Å². The van der Waals surface area contributed by atoms with Crippen molar-refractivity contribution >= 4 is 11.8 Å². The number of para-hydroxylation sites is 1. The molecule has 186 valence electrons. The van der Waals surface area contributed by atoms with Crippen molar-refractivity contribution in [3.63, 3.8) is 0 Å². The van der Waals surface area contributed by atoms with Gasteiger partial charge in [0.05, 0.1) is 5.69 Å². The molecule has 8 nitrogen and oxygen atoms in total. The van der Waals surface area contributed by atoms with Crippen molar-refractivity contribution in [1.82, 2.24) is 29.9 Å². The molecule has 5 aromatic rings.